The van der Waals surface area contributed by atoms with Gasteiger partial charge < -0.3 is 4.74 Å². The van der Waals surface area contributed by atoms with E-state index in [2.05, 4.69) is 37.0 Å². The van der Waals surface area contributed by atoms with E-state index >= 15 is 0 Å². The van der Waals surface area contributed by atoms with Crippen LogP contribution in [0.15, 0.2) is 42.0 Å². The van der Waals surface area contributed by atoms with Crippen LogP contribution >= 0.6 is 0 Å². The van der Waals surface area contributed by atoms with Gasteiger partial charge in [-0.25, -0.2) is 0 Å². The van der Waals surface area contributed by atoms with Crippen molar-refractivity contribution < 1.29 is 4.74 Å². The maximum absolute atomic E-state index is 5.72. The summed E-state index contributed by atoms with van der Waals surface area (Å²) in [6.07, 6.45) is 2.33. The third-order valence-corrected chi connectivity index (χ3v) is 3.14. The largest absolute Gasteiger partial charge is 0.361 e. The summed E-state index contributed by atoms with van der Waals surface area (Å²) in [4.78, 5) is 2.33. The number of hydrogen-bond acceptors (Lipinski definition) is 2. The van der Waals surface area contributed by atoms with Gasteiger partial charge in [0.05, 0.1) is 13.3 Å². The van der Waals surface area contributed by atoms with Gasteiger partial charge in [-0.05, 0) is 11.5 Å². The molecule has 0 saturated heterocycles. The number of ether oxygens (including phenoxy) is 1. The molecule has 2 heteroatoms. The molecular formula is C15H21NO. The molecule has 2 rings (SSSR count). The Hall–Kier alpha value is -1.12. The highest BCUT2D eigenvalue weighted by Gasteiger charge is 2.15. The molecule has 1 aromatic rings. The van der Waals surface area contributed by atoms with E-state index in [0.717, 1.165) is 19.8 Å². The fourth-order valence-corrected chi connectivity index (χ4v) is 2.02. The molecule has 0 radical (unpaired) electrons. The molecule has 0 fully saturated rings. The van der Waals surface area contributed by atoms with Crippen LogP contribution in [0.2, 0.25) is 0 Å². The molecule has 1 aliphatic rings. The molecule has 0 spiro atoms. The molecule has 92 valence electrons. The van der Waals surface area contributed by atoms with Gasteiger partial charge in [-0.15, -0.1) is 0 Å². The predicted molar refractivity (Wildman–Crippen MR) is 70.6 cm³/mol. The van der Waals surface area contributed by atoms with Crippen molar-refractivity contribution in [3.05, 3.63) is 47.5 Å². The lowest BCUT2D eigenvalue weighted by Crippen LogP contribution is -2.24. The van der Waals surface area contributed by atoms with Gasteiger partial charge in [0.1, 0.15) is 0 Å². The van der Waals surface area contributed by atoms with Gasteiger partial charge in [0.25, 0.3) is 0 Å². The van der Waals surface area contributed by atoms with Crippen molar-refractivity contribution in [1.82, 2.24) is 4.90 Å². The molecule has 0 aliphatic carbocycles. The Morgan fingerprint density at radius 2 is 2.00 bits per heavy atom. The maximum Gasteiger partial charge on any atom is 0.1000 e. The topological polar surface area (TPSA) is 12.5 Å². The zero-order valence-electron chi connectivity index (χ0n) is 10.7. The van der Waals surface area contributed by atoms with Crippen LogP contribution in [-0.4, -0.2) is 24.7 Å². The summed E-state index contributed by atoms with van der Waals surface area (Å²) in [5.41, 5.74) is 2.78. The molecule has 0 amide bonds. The second kappa shape index (κ2) is 5.99. The summed E-state index contributed by atoms with van der Waals surface area (Å²) >= 11 is 0. The van der Waals surface area contributed by atoms with Crippen LogP contribution < -0.4 is 0 Å². The van der Waals surface area contributed by atoms with Gasteiger partial charge in [0.2, 0.25) is 0 Å². The van der Waals surface area contributed by atoms with Crippen molar-refractivity contribution in [1.29, 1.82) is 0 Å². The Bertz CT molecular complexity index is 370. The van der Waals surface area contributed by atoms with E-state index in [0.29, 0.717) is 12.5 Å². The number of benzene rings is 1. The Morgan fingerprint density at radius 1 is 1.24 bits per heavy atom. The third kappa shape index (κ3) is 3.69. The van der Waals surface area contributed by atoms with E-state index < -0.39 is 0 Å². The van der Waals surface area contributed by atoms with Gasteiger partial charge in [-0.3, -0.25) is 4.90 Å². The monoisotopic (exact) mass is 231 g/mol. The van der Waals surface area contributed by atoms with Gasteiger partial charge in [-0.1, -0.05) is 55.8 Å². The smallest absolute Gasteiger partial charge is 0.1000 e. The second-order valence-electron chi connectivity index (χ2n) is 4.91. The van der Waals surface area contributed by atoms with Crippen LogP contribution in [0.4, 0.5) is 0 Å². The van der Waals surface area contributed by atoms with E-state index in [-0.39, 0.29) is 0 Å². The highest BCUT2D eigenvalue weighted by Crippen LogP contribution is 2.17. The van der Waals surface area contributed by atoms with Crippen molar-refractivity contribution in [2.24, 2.45) is 5.92 Å². The van der Waals surface area contributed by atoms with Crippen molar-refractivity contribution in [2.75, 3.05) is 19.8 Å². The Labute approximate surface area is 104 Å². The molecule has 0 aromatic heterocycles. The summed E-state index contributed by atoms with van der Waals surface area (Å²) in [6, 6.07) is 10.3. The minimum atomic E-state index is 0.661. The van der Waals surface area contributed by atoms with E-state index in [1.165, 1.54) is 11.1 Å². The molecule has 0 unspecified atom stereocenters. The van der Waals surface area contributed by atoms with Gasteiger partial charge >= 0.3 is 0 Å². The van der Waals surface area contributed by atoms with Crippen LogP contribution in [0.25, 0.3) is 0 Å². The maximum atomic E-state index is 5.72. The molecule has 0 saturated carbocycles. The quantitative estimate of drug-likeness (QED) is 0.722. The summed E-state index contributed by atoms with van der Waals surface area (Å²) in [5, 5.41) is 0. The average molecular weight is 231 g/mol. The lowest BCUT2D eigenvalue weighted by Gasteiger charge is -2.17. The molecular weight excluding hydrogens is 210 g/mol. The Kier molecular flexibility index (Phi) is 4.35. The third-order valence-electron chi connectivity index (χ3n) is 3.14. The summed E-state index contributed by atoms with van der Waals surface area (Å²) in [5.74, 6) is 0.661. The summed E-state index contributed by atoms with van der Waals surface area (Å²) in [7, 11) is 0. The zero-order valence-corrected chi connectivity index (χ0v) is 10.7. The molecule has 2 nitrogen and oxygen atoms in total. The lowest BCUT2D eigenvalue weighted by atomic mass is 10.1. The molecule has 0 atom stereocenters. The standard InChI is InChI=1S/C15H21NO/c1-13(2)15-8-9-16(10-15)12-17-11-14-6-4-3-5-7-14/h3-8,13H,9-12H2,1-2H3. The summed E-state index contributed by atoms with van der Waals surface area (Å²) < 4.78 is 5.72. The zero-order chi connectivity index (χ0) is 12.1. The number of rotatable bonds is 5. The fraction of sp³-hybridized carbons (Fsp3) is 0.467. The SMILES string of the molecule is CC(C)C1=CCN(COCc2ccccc2)C1. The molecule has 17 heavy (non-hydrogen) atoms. The minimum absolute atomic E-state index is 0.661. The first-order valence-electron chi connectivity index (χ1n) is 6.28. The van der Waals surface area contributed by atoms with Crippen molar-refractivity contribution in [3.63, 3.8) is 0 Å². The van der Waals surface area contributed by atoms with Crippen LogP contribution in [-0.2, 0) is 11.3 Å². The molecule has 1 aliphatic heterocycles. The van der Waals surface area contributed by atoms with Crippen molar-refractivity contribution in [2.45, 2.75) is 20.5 Å². The average Bonchev–Trinajstić information content (AvgIpc) is 2.79. The van der Waals surface area contributed by atoms with E-state index in [1.807, 2.05) is 18.2 Å². The van der Waals surface area contributed by atoms with Crippen LogP contribution in [0.3, 0.4) is 0 Å². The highest BCUT2D eigenvalue weighted by molar-refractivity contribution is 5.14. The fourth-order valence-electron chi connectivity index (χ4n) is 2.02. The molecule has 0 bridgehead atoms. The number of hydrogen-bond donors (Lipinski definition) is 0. The van der Waals surface area contributed by atoms with E-state index in [4.69, 9.17) is 4.74 Å². The van der Waals surface area contributed by atoms with E-state index in [1.54, 1.807) is 0 Å². The molecule has 1 aromatic carbocycles. The lowest BCUT2D eigenvalue weighted by molar-refractivity contribution is 0.0327. The molecule has 1 heterocycles. The van der Waals surface area contributed by atoms with Crippen LogP contribution in [0, 0.1) is 5.92 Å². The first-order valence-corrected chi connectivity index (χ1v) is 6.28. The first-order chi connectivity index (χ1) is 8.25. The number of nitrogens with zero attached hydrogens (tertiary/aromatic N) is 1. The predicted octanol–water partition coefficient (Wildman–Crippen LogP) is 3.06. The summed E-state index contributed by atoms with van der Waals surface area (Å²) in [6.45, 7) is 8.02. The van der Waals surface area contributed by atoms with Gasteiger partial charge in [-0.2, -0.15) is 0 Å². The Morgan fingerprint density at radius 3 is 2.65 bits per heavy atom. The van der Waals surface area contributed by atoms with Gasteiger partial charge in [0.15, 0.2) is 0 Å². The second-order valence-corrected chi connectivity index (χ2v) is 4.91. The van der Waals surface area contributed by atoms with Gasteiger partial charge in [0, 0.05) is 13.1 Å². The van der Waals surface area contributed by atoms with Crippen molar-refractivity contribution in [3.8, 4) is 0 Å². The minimum Gasteiger partial charge on any atom is -0.361 e. The van der Waals surface area contributed by atoms with Crippen LogP contribution in [0.5, 0.6) is 0 Å². The highest BCUT2D eigenvalue weighted by atomic mass is 16.5. The normalized spacial score (nSPS) is 16.5. The van der Waals surface area contributed by atoms with E-state index in [9.17, 15) is 0 Å². The first kappa shape index (κ1) is 12.3. The van der Waals surface area contributed by atoms with Crippen LogP contribution in [0.1, 0.15) is 19.4 Å². The molecule has 0 N–H and O–H groups in total. The van der Waals surface area contributed by atoms with Crippen molar-refractivity contribution >= 4 is 0 Å². The Balaban J connectivity index is 1.68.